The highest BCUT2D eigenvalue weighted by molar-refractivity contribution is 5.75. The molecule has 0 saturated carbocycles. The van der Waals surface area contributed by atoms with Crippen molar-refractivity contribution in [2.45, 2.75) is 32.8 Å². The lowest BCUT2D eigenvalue weighted by Gasteiger charge is -2.05. The monoisotopic (exact) mass is 249 g/mol. The van der Waals surface area contributed by atoms with Crippen molar-refractivity contribution in [1.29, 1.82) is 0 Å². The van der Waals surface area contributed by atoms with Gasteiger partial charge >= 0.3 is 0 Å². The van der Waals surface area contributed by atoms with Crippen LogP contribution in [0.2, 0.25) is 0 Å². The first-order chi connectivity index (χ1) is 8.83. The first kappa shape index (κ1) is 14.7. The van der Waals surface area contributed by atoms with Crippen LogP contribution in [0.15, 0.2) is 30.3 Å². The SMILES string of the molecule is C[CH]NNC(=O)CCCCOCc1ccccc1. The standard InChI is InChI=1S/C14H21N2O2/c1-2-15-16-14(17)10-6-7-11-18-12-13-8-4-3-5-9-13/h2-5,8-9,15H,6-7,10-12H2,1H3,(H,16,17). The van der Waals surface area contributed by atoms with Crippen LogP contribution in [0.3, 0.4) is 0 Å². The maximum absolute atomic E-state index is 11.2. The highest BCUT2D eigenvalue weighted by Crippen LogP contribution is 2.02. The Morgan fingerprint density at radius 1 is 1.28 bits per heavy atom. The highest BCUT2D eigenvalue weighted by atomic mass is 16.5. The Kier molecular flexibility index (Phi) is 7.84. The van der Waals surface area contributed by atoms with E-state index in [1.165, 1.54) is 5.56 Å². The third kappa shape index (κ3) is 7.04. The fourth-order valence-electron chi connectivity index (χ4n) is 1.47. The van der Waals surface area contributed by atoms with Gasteiger partial charge < -0.3 is 4.74 Å². The van der Waals surface area contributed by atoms with Gasteiger partial charge in [-0.15, -0.1) is 0 Å². The zero-order valence-electron chi connectivity index (χ0n) is 10.8. The van der Waals surface area contributed by atoms with Gasteiger partial charge in [-0.25, -0.2) is 5.43 Å². The molecule has 1 rings (SSSR count). The number of nitrogens with one attached hydrogen (secondary N) is 2. The molecular formula is C14H21N2O2. The molecule has 0 saturated heterocycles. The maximum atomic E-state index is 11.2. The van der Waals surface area contributed by atoms with E-state index in [1.54, 1.807) is 6.54 Å². The lowest BCUT2D eigenvalue weighted by molar-refractivity contribution is -0.122. The lowest BCUT2D eigenvalue weighted by atomic mass is 10.2. The highest BCUT2D eigenvalue weighted by Gasteiger charge is 1.99. The number of hydrogen-bond acceptors (Lipinski definition) is 3. The van der Waals surface area contributed by atoms with E-state index >= 15 is 0 Å². The summed E-state index contributed by atoms with van der Waals surface area (Å²) >= 11 is 0. The number of amides is 1. The Morgan fingerprint density at radius 3 is 2.78 bits per heavy atom. The number of unbranched alkanes of at least 4 members (excludes halogenated alkanes) is 1. The molecule has 4 nitrogen and oxygen atoms in total. The van der Waals surface area contributed by atoms with Gasteiger partial charge in [-0.3, -0.25) is 10.2 Å². The minimum Gasteiger partial charge on any atom is -0.377 e. The van der Waals surface area contributed by atoms with Crippen LogP contribution >= 0.6 is 0 Å². The first-order valence-electron chi connectivity index (χ1n) is 6.27. The lowest BCUT2D eigenvalue weighted by Crippen LogP contribution is -2.34. The van der Waals surface area contributed by atoms with Crippen LogP contribution in [0.5, 0.6) is 0 Å². The number of hydrazine groups is 1. The molecule has 0 spiro atoms. The van der Waals surface area contributed by atoms with Gasteiger partial charge in [0.2, 0.25) is 5.91 Å². The molecule has 1 aromatic rings. The van der Waals surface area contributed by atoms with E-state index in [1.807, 2.05) is 37.3 Å². The molecule has 0 atom stereocenters. The molecule has 1 radical (unpaired) electrons. The molecule has 0 bridgehead atoms. The topological polar surface area (TPSA) is 50.4 Å². The number of carbonyl (C=O) groups excluding carboxylic acids is 1. The average Bonchev–Trinajstić information content (AvgIpc) is 2.41. The first-order valence-corrected chi connectivity index (χ1v) is 6.27. The average molecular weight is 249 g/mol. The van der Waals surface area contributed by atoms with Crippen LogP contribution in [-0.2, 0) is 16.1 Å². The Hall–Kier alpha value is -1.39. The number of ether oxygens (including phenoxy) is 1. The van der Waals surface area contributed by atoms with Crippen molar-refractivity contribution < 1.29 is 9.53 Å². The van der Waals surface area contributed by atoms with Gasteiger partial charge in [0, 0.05) is 19.6 Å². The van der Waals surface area contributed by atoms with Gasteiger partial charge in [0.05, 0.1) is 6.61 Å². The van der Waals surface area contributed by atoms with Gasteiger partial charge in [-0.05, 0) is 25.3 Å². The molecule has 1 amide bonds. The van der Waals surface area contributed by atoms with Crippen molar-refractivity contribution in [2.75, 3.05) is 6.61 Å². The molecular weight excluding hydrogens is 228 g/mol. The molecule has 0 unspecified atom stereocenters. The number of carbonyl (C=O) groups is 1. The second-order valence-electron chi connectivity index (χ2n) is 3.98. The fraction of sp³-hybridized carbons (Fsp3) is 0.429. The van der Waals surface area contributed by atoms with Crippen LogP contribution < -0.4 is 10.9 Å². The maximum Gasteiger partial charge on any atom is 0.234 e. The summed E-state index contributed by atoms with van der Waals surface area (Å²) in [5.41, 5.74) is 6.41. The van der Waals surface area contributed by atoms with Gasteiger partial charge in [0.25, 0.3) is 0 Å². The van der Waals surface area contributed by atoms with E-state index in [0.717, 1.165) is 12.8 Å². The summed E-state index contributed by atoms with van der Waals surface area (Å²) in [5, 5.41) is 0. The summed E-state index contributed by atoms with van der Waals surface area (Å²) < 4.78 is 5.53. The molecule has 0 aliphatic heterocycles. The Balaban J connectivity index is 1.94. The summed E-state index contributed by atoms with van der Waals surface area (Å²) in [5.74, 6) is 0.0103. The molecule has 99 valence electrons. The van der Waals surface area contributed by atoms with Crippen LogP contribution in [0.1, 0.15) is 31.7 Å². The summed E-state index contributed by atoms with van der Waals surface area (Å²) in [6, 6.07) is 10.1. The normalized spacial score (nSPS) is 10.3. The molecule has 1 aromatic carbocycles. The molecule has 0 heterocycles. The minimum absolute atomic E-state index is 0.0103. The summed E-state index contributed by atoms with van der Waals surface area (Å²) in [7, 11) is 0. The molecule has 0 aromatic heterocycles. The predicted molar refractivity (Wildman–Crippen MR) is 71.2 cm³/mol. The van der Waals surface area contributed by atoms with E-state index in [-0.39, 0.29) is 5.91 Å². The van der Waals surface area contributed by atoms with E-state index in [4.69, 9.17) is 4.74 Å². The van der Waals surface area contributed by atoms with E-state index in [9.17, 15) is 4.79 Å². The summed E-state index contributed by atoms with van der Waals surface area (Å²) in [4.78, 5) is 11.2. The zero-order chi connectivity index (χ0) is 13.1. The van der Waals surface area contributed by atoms with Gasteiger partial charge in [-0.2, -0.15) is 0 Å². The van der Waals surface area contributed by atoms with Crippen LogP contribution in [0, 0.1) is 6.54 Å². The van der Waals surface area contributed by atoms with Crippen molar-refractivity contribution in [3.8, 4) is 0 Å². The van der Waals surface area contributed by atoms with Gasteiger partial charge in [0.15, 0.2) is 0 Å². The Morgan fingerprint density at radius 2 is 2.06 bits per heavy atom. The van der Waals surface area contributed by atoms with Gasteiger partial charge in [-0.1, -0.05) is 30.3 Å². The van der Waals surface area contributed by atoms with E-state index in [0.29, 0.717) is 19.6 Å². The minimum atomic E-state index is 0.0103. The van der Waals surface area contributed by atoms with Crippen LogP contribution in [0.4, 0.5) is 0 Å². The van der Waals surface area contributed by atoms with Crippen LogP contribution in [-0.4, -0.2) is 12.5 Å². The molecule has 0 aliphatic rings. The summed E-state index contributed by atoms with van der Waals surface area (Å²) in [6.07, 6.45) is 2.26. The van der Waals surface area contributed by atoms with Crippen molar-refractivity contribution in [2.24, 2.45) is 0 Å². The van der Waals surface area contributed by atoms with Crippen molar-refractivity contribution in [3.63, 3.8) is 0 Å². The van der Waals surface area contributed by atoms with Gasteiger partial charge in [0.1, 0.15) is 0 Å². The van der Waals surface area contributed by atoms with Crippen molar-refractivity contribution in [3.05, 3.63) is 42.4 Å². The summed E-state index contributed by atoms with van der Waals surface area (Å²) in [6.45, 7) is 4.83. The third-order valence-corrected chi connectivity index (χ3v) is 2.41. The second kappa shape index (κ2) is 9.62. The molecule has 18 heavy (non-hydrogen) atoms. The number of benzene rings is 1. The van der Waals surface area contributed by atoms with E-state index in [2.05, 4.69) is 10.9 Å². The zero-order valence-corrected chi connectivity index (χ0v) is 10.8. The number of hydrogen-bond donors (Lipinski definition) is 2. The smallest absolute Gasteiger partial charge is 0.234 e. The number of rotatable bonds is 9. The van der Waals surface area contributed by atoms with E-state index < -0.39 is 0 Å². The van der Waals surface area contributed by atoms with Crippen molar-refractivity contribution >= 4 is 5.91 Å². The Bertz CT molecular complexity index is 328. The molecule has 4 heteroatoms. The Labute approximate surface area is 109 Å². The molecule has 2 N–H and O–H groups in total. The quantitative estimate of drug-likeness (QED) is 0.521. The predicted octanol–water partition coefficient (Wildman–Crippen LogP) is 2.18. The largest absolute Gasteiger partial charge is 0.377 e. The molecule has 0 aliphatic carbocycles. The molecule has 0 fully saturated rings. The van der Waals surface area contributed by atoms with Crippen LogP contribution in [0.25, 0.3) is 0 Å². The second-order valence-corrected chi connectivity index (χ2v) is 3.98. The third-order valence-electron chi connectivity index (χ3n) is 2.41. The van der Waals surface area contributed by atoms with Crippen molar-refractivity contribution in [1.82, 2.24) is 10.9 Å². The fourth-order valence-corrected chi connectivity index (χ4v) is 1.47.